The molecule has 0 bridgehead atoms. The molecule has 3 aromatic rings. The SMILES string of the molecule is [C-]#[N+]c1c(C(=O)OC2C(C)CC(C)CC2C)c2nc(-c3ccc(C)cc3)[nH]n2c1CN(CC=O)COOCC. The van der Waals surface area contributed by atoms with Gasteiger partial charge in [-0.15, -0.1) is 0 Å². The summed E-state index contributed by atoms with van der Waals surface area (Å²) in [4.78, 5) is 45.5. The molecule has 0 saturated heterocycles. The van der Waals surface area contributed by atoms with E-state index < -0.39 is 5.97 Å². The molecule has 1 aliphatic rings. The van der Waals surface area contributed by atoms with Gasteiger partial charge in [0.15, 0.2) is 11.5 Å². The van der Waals surface area contributed by atoms with Crippen molar-refractivity contribution in [2.75, 3.05) is 19.9 Å². The second-order valence-electron chi connectivity index (χ2n) is 10.6. The number of benzene rings is 1. The molecule has 0 radical (unpaired) electrons. The summed E-state index contributed by atoms with van der Waals surface area (Å²) in [5.74, 6) is 0.989. The zero-order valence-corrected chi connectivity index (χ0v) is 23.3. The molecule has 1 N–H and O–H groups in total. The van der Waals surface area contributed by atoms with Gasteiger partial charge < -0.3 is 9.53 Å². The lowest BCUT2D eigenvalue weighted by Gasteiger charge is -2.37. The number of aromatic nitrogens is 3. The monoisotopic (exact) mass is 535 g/mol. The summed E-state index contributed by atoms with van der Waals surface area (Å²) in [5.41, 5.74) is 3.03. The number of aldehydes is 1. The van der Waals surface area contributed by atoms with Gasteiger partial charge in [-0.05, 0) is 44.4 Å². The molecule has 0 amide bonds. The Morgan fingerprint density at radius 2 is 1.90 bits per heavy atom. The van der Waals surface area contributed by atoms with Crippen molar-refractivity contribution in [3.05, 3.63) is 52.5 Å². The molecule has 1 saturated carbocycles. The highest BCUT2D eigenvalue weighted by Crippen LogP contribution is 2.38. The van der Waals surface area contributed by atoms with Crippen LogP contribution < -0.4 is 0 Å². The third kappa shape index (κ3) is 6.22. The van der Waals surface area contributed by atoms with Gasteiger partial charge in [0, 0.05) is 12.1 Å². The Bertz CT molecular complexity index is 1330. The van der Waals surface area contributed by atoms with Crippen molar-refractivity contribution in [2.45, 2.75) is 60.1 Å². The van der Waals surface area contributed by atoms with Gasteiger partial charge in [-0.2, -0.15) is 0 Å². The largest absolute Gasteiger partial charge is 0.459 e. The predicted octanol–water partition coefficient (Wildman–Crippen LogP) is 5.34. The highest BCUT2D eigenvalue weighted by atomic mass is 17.2. The Balaban J connectivity index is 1.78. The summed E-state index contributed by atoms with van der Waals surface area (Å²) in [5, 5.41) is 3.26. The number of ether oxygens (including phenoxy) is 1. The number of esters is 1. The fourth-order valence-corrected chi connectivity index (χ4v) is 5.64. The van der Waals surface area contributed by atoms with E-state index in [1.807, 2.05) is 31.2 Å². The first-order chi connectivity index (χ1) is 18.8. The molecule has 2 unspecified atom stereocenters. The molecule has 1 aromatic carbocycles. The molecule has 1 aliphatic carbocycles. The molecule has 0 aliphatic heterocycles. The fraction of sp³-hybridized carbons (Fsp3) is 0.517. The van der Waals surface area contributed by atoms with Gasteiger partial charge >= 0.3 is 5.97 Å². The number of carbonyl (C=O) groups excluding carboxylic acids is 2. The minimum Gasteiger partial charge on any atom is -0.459 e. The van der Waals surface area contributed by atoms with Crippen LogP contribution >= 0.6 is 0 Å². The molecule has 39 heavy (non-hydrogen) atoms. The minimum absolute atomic E-state index is 0.00524. The number of H-pyrrole nitrogens is 1. The summed E-state index contributed by atoms with van der Waals surface area (Å²) in [7, 11) is 0. The van der Waals surface area contributed by atoms with Crippen LogP contribution in [0.4, 0.5) is 5.69 Å². The first-order valence-electron chi connectivity index (χ1n) is 13.5. The second-order valence-corrected chi connectivity index (χ2v) is 10.6. The third-order valence-corrected chi connectivity index (χ3v) is 7.35. The van der Waals surface area contributed by atoms with E-state index in [1.165, 1.54) is 0 Å². The molecular formula is C29H37N5O5. The predicted molar refractivity (Wildman–Crippen MR) is 146 cm³/mol. The normalized spacial score (nSPS) is 21.3. The summed E-state index contributed by atoms with van der Waals surface area (Å²) in [6.45, 7) is 18.8. The molecule has 2 aromatic heterocycles. The van der Waals surface area contributed by atoms with Crippen LogP contribution in [-0.2, 0) is 25.9 Å². The molecule has 4 rings (SSSR count). The lowest BCUT2D eigenvalue weighted by Crippen LogP contribution is -2.37. The number of hydrogen-bond acceptors (Lipinski definition) is 7. The number of rotatable bonds is 11. The van der Waals surface area contributed by atoms with Crippen LogP contribution in [0.25, 0.3) is 21.9 Å². The van der Waals surface area contributed by atoms with Crippen LogP contribution in [0.2, 0.25) is 0 Å². The van der Waals surface area contributed by atoms with Crippen molar-refractivity contribution >= 4 is 23.6 Å². The lowest BCUT2D eigenvalue weighted by molar-refractivity contribution is -0.312. The first-order valence-corrected chi connectivity index (χ1v) is 13.5. The molecular weight excluding hydrogens is 498 g/mol. The third-order valence-electron chi connectivity index (χ3n) is 7.35. The van der Waals surface area contributed by atoms with Crippen molar-refractivity contribution < 1.29 is 24.1 Å². The van der Waals surface area contributed by atoms with Gasteiger partial charge in [0.25, 0.3) is 0 Å². The van der Waals surface area contributed by atoms with Crippen molar-refractivity contribution in [1.29, 1.82) is 0 Å². The zero-order chi connectivity index (χ0) is 28.1. The summed E-state index contributed by atoms with van der Waals surface area (Å²) < 4.78 is 7.76. The Hall–Kier alpha value is -3.52. The van der Waals surface area contributed by atoms with Crippen LogP contribution in [0.3, 0.4) is 0 Å². The van der Waals surface area contributed by atoms with E-state index in [1.54, 1.807) is 16.3 Å². The van der Waals surface area contributed by atoms with E-state index >= 15 is 0 Å². The smallest absolute Gasteiger partial charge is 0.331 e. The lowest BCUT2D eigenvalue weighted by atomic mass is 9.75. The zero-order valence-electron chi connectivity index (χ0n) is 23.3. The molecule has 10 heteroatoms. The highest BCUT2D eigenvalue weighted by Gasteiger charge is 2.36. The summed E-state index contributed by atoms with van der Waals surface area (Å²) >= 11 is 0. The van der Waals surface area contributed by atoms with Gasteiger partial charge in [-0.25, -0.2) is 24.4 Å². The highest BCUT2D eigenvalue weighted by molar-refractivity contribution is 6.04. The number of carbonyl (C=O) groups is 2. The summed E-state index contributed by atoms with van der Waals surface area (Å²) in [6, 6.07) is 7.86. The van der Waals surface area contributed by atoms with E-state index in [9.17, 15) is 9.59 Å². The van der Waals surface area contributed by atoms with Crippen molar-refractivity contribution in [1.82, 2.24) is 19.5 Å². The molecule has 208 valence electrons. The Morgan fingerprint density at radius 1 is 1.21 bits per heavy atom. The number of aryl methyl sites for hydroxylation is 1. The molecule has 1 fully saturated rings. The van der Waals surface area contributed by atoms with Gasteiger partial charge in [-0.1, -0.05) is 50.6 Å². The number of hydrogen-bond donors (Lipinski definition) is 1. The molecule has 0 spiro atoms. The quantitative estimate of drug-likeness (QED) is 0.0672. The van der Waals surface area contributed by atoms with Crippen LogP contribution in [0.15, 0.2) is 24.3 Å². The van der Waals surface area contributed by atoms with Gasteiger partial charge in [0.1, 0.15) is 24.7 Å². The average Bonchev–Trinajstić information content (AvgIpc) is 3.44. The van der Waals surface area contributed by atoms with Gasteiger partial charge in [0.05, 0.1) is 25.4 Å². The summed E-state index contributed by atoms with van der Waals surface area (Å²) in [6.07, 6.45) is 2.47. The van der Waals surface area contributed by atoms with Crippen molar-refractivity contribution in [3.8, 4) is 11.4 Å². The van der Waals surface area contributed by atoms with E-state index in [-0.39, 0.29) is 49.0 Å². The minimum atomic E-state index is -0.558. The van der Waals surface area contributed by atoms with E-state index in [2.05, 4.69) is 30.7 Å². The van der Waals surface area contributed by atoms with Crippen molar-refractivity contribution in [2.24, 2.45) is 17.8 Å². The maximum Gasteiger partial charge on any atom is 0.331 e. The standard InChI is InChI=1S/C29H37N5O5/c1-7-37-38-17-33(12-13-35)16-23-25(30-6)24(29(36)39-26-20(4)14-19(3)15-21(26)5)28-31-27(32-34(23)28)22-10-8-18(2)9-11-22/h8-11,13,19-21,26H,7,12,14-17H2,1-5H3,(H,31,32). The Kier molecular flexibility index (Phi) is 9.17. The molecule has 2 heterocycles. The maximum atomic E-state index is 13.8. The van der Waals surface area contributed by atoms with E-state index in [0.29, 0.717) is 29.7 Å². The van der Waals surface area contributed by atoms with Gasteiger partial charge in [0.2, 0.25) is 5.69 Å². The number of fused-ring (bicyclic) bond motifs is 1. The van der Waals surface area contributed by atoms with E-state index in [4.69, 9.17) is 26.1 Å². The van der Waals surface area contributed by atoms with Crippen molar-refractivity contribution in [3.63, 3.8) is 0 Å². The number of nitrogens with zero attached hydrogens (tertiary/aromatic N) is 4. The van der Waals surface area contributed by atoms with Crippen LogP contribution in [-0.4, -0.2) is 57.7 Å². The maximum absolute atomic E-state index is 13.8. The van der Waals surface area contributed by atoms with Crippen LogP contribution in [0, 0.1) is 31.2 Å². The van der Waals surface area contributed by atoms with Crippen LogP contribution in [0.1, 0.15) is 62.2 Å². The Labute approximate surface area is 229 Å². The first kappa shape index (κ1) is 28.5. The average molecular weight is 536 g/mol. The molecule has 10 nitrogen and oxygen atoms in total. The number of aromatic amines is 1. The second kappa shape index (κ2) is 12.6. The van der Waals surface area contributed by atoms with E-state index in [0.717, 1.165) is 30.3 Å². The fourth-order valence-electron chi connectivity index (χ4n) is 5.64. The van der Waals surface area contributed by atoms with Crippen LogP contribution in [0.5, 0.6) is 0 Å². The Morgan fingerprint density at radius 3 is 2.51 bits per heavy atom. The van der Waals surface area contributed by atoms with Gasteiger partial charge in [-0.3, -0.25) is 14.5 Å². The number of nitrogens with one attached hydrogen (secondary N) is 1. The topological polar surface area (TPSA) is 103 Å². The molecule has 2 atom stereocenters.